The average Bonchev–Trinajstić information content (AvgIpc) is 1.48. The maximum atomic E-state index is 7.72. The fourth-order valence-corrected chi connectivity index (χ4v) is 23.7. The van der Waals surface area contributed by atoms with E-state index in [-0.39, 0.29) is 5.92 Å². The van der Waals surface area contributed by atoms with Crippen molar-refractivity contribution in [2.24, 2.45) is 0 Å². The van der Waals surface area contributed by atoms with Crippen LogP contribution in [0.5, 0.6) is 0 Å². The van der Waals surface area contributed by atoms with Gasteiger partial charge in [-0.15, -0.1) is 0 Å². The number of rotatable bonds is 18. The van der Waals surface area contributed by atoms with E-state index in [1.54, 1.807) is 0 Å². The summed E-state index contributed by atoms with van der Waals surface area (Å²) in [5.41, 5.74) is 38.3. The van der Waals surface area contributed by atoms with E-state index in [4.69, 9.17) is 8.83 Å². The van der Waals surface area contributed by atoms with Crippen molar-refractivity contribution in [1.82, 2.24) is 8.80 Å². The fourth-order valence-electron chi connectivity index (χ4n) is 23.7. The number of fused-ring (bicyclic) bond motifs is 30. The highest BCUT2D eigenvalue weighted by Gasteiger charge is 2.55. The van der Waals surface area contributed by atoms with Crippen LogP contribution in [0.3, 0.4) is 0 Å². The Morgan fingerprint density at radius 3 is 1.10 bits per heavy atom. The van der Waals surface area contributed by atoms with Gasteiger partial charge in [0.25, 0.3) is 0 Å². The van der Waals surface area contributed by atoms with Crippen LogP contribution in [-0.2, 0) is 11.8 Å². The summed E-state index contributed by atoms with van der Waals surface area (Å²) in [5.74, 6) is 1.16. The molecule has 0 N–H and O–H groups in total. The van der Waals surface area contributed by atoms with Crippen LogP contribution in [0.2, 0.25) is 0 Å². The van der Waals surface area contributed by atoms with E-state index >= 15 is 0 Å². The number of hydrogen-bond acceptors (Lipinski definition) is 6. The van der Waals surface area contributed by atoms with Gasteiger partial charge in [-0.1, -0.05) is 297 Å². The standard InChI is InChI=1S/C127H94N6O2/c1-76(2)81-50-58-88(59-51-81)129(89-60-52-82(53-61-89)77(3)4)113-74-106-122(126-119(113)99-42-21-27-48-115(99)135-126)121-105(127(106)103-44-23-17-38-93(103)94-39-18-24-45-104(94)127)75-114(125-120(121)100-43-22-28-49-116(100)134-125)130(90-62-54-83(55-63-90)78(5)6)91-64-56-84(57-65-91)79(7)70-80-30-29-37-92(71-80)131(87-35-15-10-16-36-87)110-69-67-96-102-73-111-101(72-112(102)133-108-47-26-20-41-98(108)118(110)124(96)133)95-66-68-109(117-97-40-19-25-46-107(97)132(111)123(95)117)128(85-31-11-8-12-32-85)86-33-13-9-14-34-86/h8-69,71-79H,70H2,1-7H3. The second-order valence-corrected chi connectivity index (χ2v) is 38.3. The molecule has 644 valence electrons. The molecule has 25 aromatic rings. The monoisotopic (exact) mass is 1730 g/mol. The number of para-hydroxylation sites is 7. The summed E-state index contributed by atoms with van der Waals surface area (Å²) in [5, 5.41) is 14.0. The molecule has 0 saturated carbocycles. The van der Waals surface area contributed by atoms with E-state index in [1.807, 2.05) is 0 Å². The molecule has 1 unspecified atom stereocenters. The molecule has 8 nitrogen and oxygen atoms in total. The lowest BCUT2D eigenvalue weighted by molar-refractivity contribution is 0.668. The molecule has 0 bridgehead atoms. The minimum absolute atomic E-state index is 0.127. The molecule has 0 amide bonds. The second-order valence-electron chi connectivity index (χ2n) is 38.3. The first-order valence-corrected chi connectivity index (χ1v) is 47.7. The summed E-state index contributed by atoms with van der Waals surface area (Å²) >= 11 is 0. The Hall–Kier alpha value is -16.4. The molecule has 1 spiro atoms. The van der Waals surface area contributed by atoms with Gasteiger partial charge in [0.05, 0.1) is 66.7 Å². The molecular formula is C127H94N6O2. The zero-order valence-electron chi connectivity index (χ0n) is 76.2. The van der Waals surface area contributed by atoms with E-state index in [2.05, 4.69) is 483 Å². The molecule has 6 aromatic heterocycles. The van der Waals surface area contributed by atoms with Crippen molar-refractivity contribution in [3.8, 4) is 22.3 Å². The Morgan fingerprint density at radius 2 is 0.615 bits per heavy atom. The number of furan rings is 2. The maximum absolute atomic E-state index is 7.72. The summed E-state index contributed by atoms with van der Waals surface area (Å²) in [6, 6.07) is 153. The van der Waals surface area contributed by atoms with Crippen molar-refractivity contribution in [1.29, 1.82) is 0 Å². The number of nitrogens with zero attached hydrogens (tertiary/aromatic N) is 6. The first-order chi connectivity index (χ1) is 66.4. The Labute approximate surface area is 782 Å². The van der Waals surface area contributed by atoms with Gasteiger partial charge in [-0.25, -0.2) is 0 Å². The summed E-state index contributed by atoms with van der Waals surface area (Å²) in [7, 11) is 0. The number of benzene rings is 19. The summed E-state index contributed by atoms with van der Waals surface area (Å²) in [4.78, 5) is 9.91. The highest BCUT2D eigenvalue weighted by molar-refractivity contribution is 6.33. The largest absolute Gasteiger partial charge is 0.455 e. The Kier molecular flexibility index (Phi) is 17.5. The number of anilines is 12. The topological polar surface area (TPSA) is 48.1 Å². The minimum atomic E-state index is -0.874. The molecule has 2 aliphatic rings. The Balaban J connectivity index is 0.598. The van der Waals surface area contributed by atoms with E-state index in [0.717, 1.165) is 135 Å². The van der Waals surface area contributed by atoms with Crippen molar-refractivity contribution in [3.05, 3.63) is 457 Å². The number of aromatic nitrogens is 2. The van der Waals surface area contributed by atoms with Crippen molar-refractivity contribution >= 4 is 188 Å². The molecule has 0 aliphatic heterocycles. The molecule has 0 fully saturated rings. The van der Waals surface area contributed by atoms with Crippen LogP contribution in [0.25, 0.3) is 142 Å². The van der Waals surface area contributed by atoms with E-state index in [1.165, 1.54) is 132 Å². The summed E-state index contributed by atoms with van der Waals surface area (Å²) in [6.07, 6.45) is 0.804. The quantitative estimate of drug-likeness (QED) is 0.0853. The average molecular weight is 1740 g/mol. The Bertz CT molecular complexity index is 8940. The van der Waals surface area contributed by atoms with E-state index in [0.29, 0.717) is 17.8 Å². The zero-order chi connectivity index (χ0) is 89.9. The predicted molar refractivity (Wildman–Crippen MR) is 566 cm³/mol. The van der Waals surface area contributed by atoms with Gasteiger partial charge in [-0.2, -0.15) is 0 Å². The lowest BCUT2D eigenvalue weighted by Gasteiger charge is -2.33. The molecular weight excluding hydrogens is 1640 g/mol. The third-order valence-electron chi connectivity index (χ3n) is 29.9. The summed E-state index contributed by atoms with van der Waals surface area (Å²) in [6.45, 7) is 16.1. The van der Waals surface area contributed by atoms with Crippen molar-refractivity contribution in [3.63, 3.8) is 0 Å². The summed E-state index contributed by atoms with van der Waals surface area (Å²) < 4.78 is 20.5. The van der Waals surface area contributed by atoms with Crippen molar-refractivity contribution in [2.75, 3.05) is 19.6 Å². The van der Waals surface area contributed by atoms with Crippen LogP contribution >= 0.6 is 0 Å². The lowest BCUT2D eigenvalue weighted by atomic mass is 9.70. The molecule has 2 aliphatic carbocycles. The molecule has 135 heavy (non-hydrogen) atoms. The van der Waals surface area contributed by atoms with Gasteiger partial charge in [0.15, 0.2) is 5.58 Å². The third kappa shape index (κ3) is 11.5. The first kappa shape index (κ1) is 78.4. The minimum Gasteiger partial charge on any atom is -0.455 e. The van der Waals surface area contributed by atoms with Gasteiger partial charge in [0.2, 0.25) is 0 Å². The van der Waals surface area contributed by atoms with Gasteiger partial charge < -0.3 is 37.2 Å². The predicted octanol–water partition coefficient (Wildman–Crippen LogP) is 35.7. The highest BCUT2D eigenvalue weighted by atomic mass is 16.3. The van der Waals surface area contributed by atoms with Gasteiger partial charge in [-0.05, 0) is 249 Å². The van der Waals surface area contributed by atoms with Crippen molar-refractivity contribution < 1.29 is 8.83 Å². The third-order valence-corrected chi connectivity index (χ3v) is 29.9. The molecule has 27 rings (SSSR count). The maximum Gasteiger partial charge on any atom is 0.160 e. The molecule has 1 atom stereocenters. The van der Waals surface area contributed by atoms with Gasteiger partial charge in [-0.3, -0.25) is 0 Å². The zero-order valence-corrected chi connectivity index (χ0v) is 76.2. The molecule has 19 aromatic carbocycles. The van der Waals surface area contributed by atoms with Gasteiger partial charge in [0.1, 0.15) is 16.7 Å². The fraction of sp³-hybridized carbons (Fsp3) is 0.102. The highest BCUT2D eigenvalue weighted by Crippen LogP contribution is 2.69. The van der Waals surface area contributed by atoms with Crippen LogP contribution in [0.1, 0.15) is 122 Å². The molecule has 0 radical (unpaired) electrons. The van der Waals surface area contributed by atoms with Gasteiger partial charge in [0, 0.05) is 116 Å². The van der Waals surface area contributed by atoms with Crippen LogP contribution in [0.4, 0.5) is 68.2 Å². The van der Waals surface area contributed by atoms with Crippen LogP contribution in [-0.4, -0.2) is 8.80 Å². The Morgan fingerprint density at radius 1 is 0.244 bits per heavy atom. The smallest absolute Gasteiger partial charge is 0.160 e. The molecule has 8 heteroatoms. The van der Waals surface area contributed by atoms with Crippen molar-refractivity contribution in [2.45, 2.75) is 84.0 Å². The van der Waals surface area contributed by atoms with E-state index < -0.39 is 5.41 Å². The van der Waals surface area contributed by atoms with Crippen LogP contribution in [0.15, 0.2) is 415 Å². The van der Waals surface area contributed by atoms with Gasteiger partial charge >= 0.3 is 0 Å². The van der Waals surface area contributed by atoms with Crippen LogP contribution < -0.4 is 19.6 Å². The SMILES string of the molecule is CC(C)c1ccc(N(c2ccc(C(C)Cc3cccc(N(c4ccccc4)c4ccc5c6cc7c(cc6n6c8ccccc8c4c56)c4ccc(N(c5ccccc5)c5ccccc5)c5c6ccccc6n7c45)c3)cc2)c2cc3c(c4c2oc2ccccc24)-c2c(cc(N(c4ccc(C(C)C)cc4)c4ccc(C(C)C)cc4)c4c2oc2ccccc24)C32c3ccccc3-c3ccccc32)cc1. The number of hydrogen-bond donors (Lipinski definition) is 0. The van der Waals surface area contributed by atoms with E-state index in [9.17, 15) is 0 Å². The second kappa shape index (κ2) is 30.1. The molecule has 0 saturated heterocycles. The molecule has 6 heterocycles. The lowest BCUT2D eigenvalue weighted by Crippen LogP contribution is -2.26. The van der Waals surface area contributed by atoms with Crippen LogP contribution in [0, 0.1) is 0 Å². The normalized spacial score (nSPS) is 13.1. The first-order valence-electron chi connectivity index (χ1n) is 47.7.